The lowest BCUT2D eigenvalue weighted by molar-refractivity contribution is 0.402. The molecule has 0 radical (unpaired) electrons. The van der Waals surface area contributed by atoms with Gasteiger partial charge in [0.15, 0.2) is 5.96 Å². The number of halogens is 2. The maximum Gasteiger partial charge on any atom is 0.191 e. The molecule has 3 rings (SSSR count). The van der Waals surface area contributed by atoms with Crippen molar-refractivity contribution >= 4 is 11.6 Å². The average Bonchev–Trinajstić information content (AvgIpc) is 3.14. The minimum atomic E-state index is -0.520. The number of rotatable bonds is 7. The molecule has 2 aromatic carbocycles. The van der Waals surface area contributed by atoms with Gasteiger partial charge in [-0.25, -0.2) is 13.8 Å². The maximum atomic E-state index is 14.1. The number of nitrogens with zero attached hydrogens (tertiary/aromatic N) is 3. The summed E-state index contributed by atoms with van der Waals surface area (Å²) in [6.45, 7) is 5.34. The van der Waals surface area contributed by atoms with Crippen LogP contribution in [0.15, 0.2) is 47.5 Å². The van der Waals surface area contributed by atoms with E-state index >= 15 is 0 Å². The standard InChI is InChI=1S/C23H31F2N5/c1-4-26-23(27-14-17-7-5-8-18(13-17)15-29(2)3)28-19-11-12-30(16-19)22-20(24)9-6-10-21(22)25/h5-10,13,19H,4,11-12,14-16H2,1-3H3,(H2,26,27,28). The quantitative estimate of drug-likeness (QED) is 0.538. The van der Waals surface area contributed by atoms with Crippen LogP contribution in [0.5, 0.6) is 0 Å². The van der Waals surface area contributed by atoms with E-state index < -0.39 is 11.6 Å². The summed E-state index contributed by atoms with van der Waals surface area (Å²) >= 11 is 0. The largest absolute Gasteiger partial charge is 0.365 e. The third kappa shape index (κ3) is 5.92. The van der Waals surface area contributed by atoms with Crippen LogP contribution in [-0.4, -0.2) is 50.6 Å². The zero-order valence-corrected chi connectivity index (χ0v) is 18.0. The van der Waals surface area contributed by atoms with Gasteiger partial charge in [0, 0.05) is 32.2 Å². The number of benzene rings is 2. The van der Waals surface area contributed by atoms with Crippen molar-refractivity contribution in [2.45, 2.75) is 32.5 Å². The van der Waals surface area contributed by atoms with Crippen molar-refractivity contribution in [2.24, 2.45) is 4.99 Å². The highest BCUT2D eigenvalue weighted by Crippen LogP contribution is 2.26. The van der Waals surface area contributed by atoms with Crippen LogP contribution in [0.25, 0.3) is 0 Å². The summed E-state index contributed by atoms with van der Waals surface area (Å²) in [7, 11) is 4.10. The number of nitrogens with one attached hydrogen (secondary N) is 2. The molecule has 2 aromatic rings. The highest BCUT2D eigenvalue weighted by atomic mass is 19.1. The molecule has 5 nitrogen and oxygen atoms in total. The lowest BCUT2D eigenvalue weighted by Gasteiger charge is -2.21. The maximum absolute atomic E-state index is 14.1. The van der Waals surface area contributed by atoms with Gasteiger partial charge >= 0.3 is 0 Å². The summed E-state index contributed by atoms with van der Waals surface area (Å²) in [5.41, 5.74) is 2.46. The molecule has 1 fully saturated rings. The lowest BCUT2D eigenvalue weighted by Crippen LogP contribution is -2.44. The van der Waals surface area contributed by atoms with Crippen LogP contribution < -0.4 is 15.5 Å². The van der Waals surface area contributed by atoms with Gasteiger partial charge in [-0.05, 0) is 50.7 Å². The predicted octanol–water partition coefficient (Wildman–Crippen LogP) is 3.36. The molecule has 0 aromatic heterocycles. The van der Waals surface area contributed by atoms with Gasteiger partial charge in [-0.1, -0.05) is 30.3 Å². The Morgan fingerprint density at radius 3 is 2.53 bits per heavy atom. The Hall–Kier alpha value is -2.67. The highest BCUT2D eigenvalue weighted by Gasteiger charge is 2.27. The van der Waals surface area contributed by atoms with Crippen LogP contribution in [0.4, 0.5) is 14.5 Å². The first-order chi connectivity index (χ1) is 14.5. The fraction of sp³-hybridized carbons (Fsp3) is 0.435. The Bertz CT molecular complexity index is 848. The molecule has 1 heterocycles. The number of hydrogen-bond acceptors (Lipinski definition) is 3. The molecule has 7 heteroatoms. The number of aliphatic imine (C=N–C) groups is 1. The Morgan fingerprint density at radius 2 is 1.83 bits per heavy atom. The van der Waals surface area contributed by atoms with E-state index in [1.165, 1.54) is 23.8 Å². The van der Waals surface area contributed by atoms with Crippen molar-refractivity contribution in [3.8, 4) is 0 Å². The minimum absolute atomic E-state index is 0.0569. The molecule has 0 amide bonds. The van der Waals surface area contributed by atoms with Crippen LogP contribution in [0, 0.1) is 11.6 Å². The summed E-state index contributed by atoms with van der Waals surface area (Å²) in [6.07, 6.45) is 0.788. The van der Waals surface area contributed by atoms with Gasteiger partial charge in [-0.3, -0.25) is 0 Å². The fourth-order valence-corrected chi connectivity index (χ4v) is 3.75. The first-order valence-electron chi connectivity index (χ1n) is 10.4. The first kappa shape index (κ1) is 22.0. The third-order valence-electron chi connectivity index (χ3n) is 5.04. The van der Waals surface area contributed by atoms with Gasteiger partial charge in [0.25, 0.3) is 0 Å². The highest BCUT2D eigenvalue weighted by molar-refractivity contribution is 5.80. The molecule has 1 aliphatic rings. The average molecular weight is 416 g/mol. The second-order valence-electron chi connectivity index (χ2n) is 7.90. The summed E-state index contributed by atoms with van der Waals surface area (Å²) in [4.78, 5) is 8.61. The second-order valence-corrected chi connectivity index (χ2v) is 7.90. The molecule has 0 spiro atoms. The molecule has 30 heavy (non-hydrogen) atoms. The SMILES string of the molecule is CCNC(=NCc1cccc(CN(C)C)c1)NC1CCN(c2c(F)cccc2F)C1. The van der Waals surface area contributed by atoms with Gasteiger partial charge in [0.05, 0.1) is 6.54 Å². The first-order valence-corrected chi connectivity index (χ1v) is 10.4. The van der Waals surface area contributed by atoms with Crippen LogP contribution in [0.1, 0.15) is 24.5 Å². The zero-order chi connectivity index (χ0) is 21.5. The molecule has 162 valence electrons. The second kappa shape index (κ2) is 10.4. The molecule has 1 unspecified atom stereocenters. The van der Waals surface area contributed by atoms with Crippen LogP contribution in [0.2, 0.25) is 0 Å². The van der Waals surface area contributed by atoms with E-state index in [0.717, 1.165) is 31.0 Å². The van der Waals surface area contributed by atoms with Gasteiger partial charge in [-0.15, -0.1) is 0 Å². The van der Waals surface area contributed by atoms with E-state index in [1.807, 2.05) is 6.92 Å². The Labute approximate surface area is 177 Å². The van der Waals surface area contributed by atoms with Gasteiger partial charge in [0.1, 0.15) is 17.3 Å². The van der Waals surface area contributed by atoms with E-state index in [9.17, 15) is 8.78 Å². The van der Waals surface area contributed by atoms with Crippen molar-refractivity contribution < 1.29 is 8.78 Å². The molecule has 2 N–H and O–H groups in total. The van der Waals surface area contributed by atoms with Gasteiger partial charge < -0.3 is 20.4 Å². The Morgan fingerprint density at radius 1 is 1.13 bits per heavy atom. The van der Waals surface area contributed by atoms with Crippen molar-refractivity contribution in [2.75, 3.05) is 38.6 Å². The molecule has 1 atom stereocenters. The van der Waals surface area contributed by atoms with E-state index in [1.54, 1.807) is 4.90 Å². The Balaban J connectivity index is 1.63. The smallest absolute Gasteiger partial charge is 0.191 e. The van der Waals surface area contributed by atoms with E-state index in [0.29, 0.717) is 19.6 Å². The fourth-order valence-electron chi connectivity index (χ4n) is 3.75. The van der Waals surface area contributed by atoms with E-state index in [-0.39, 0.29) is 11.7 Å². The molecule has 0 saturated carbocycles. The summed E-state index contributed by atoms with van der Waals surface area (Å²) in [5, 5.41) is 6.68. The number of anilines is 1. The minimum Gasteiger partial charge on any atom is -0.365 e. The topological polar surface area (TPSA) is 42.9 Å². The van der Waals surface area contributed by atoms with Crippen molar-refractivity contribution in [3.63, 3.8) is 0 Å². The molecule has 1 saturated heterocycles. The summed E-state index contributed by atoms with van der Waals surface area (Å²) < 4.78 is 28.2. The van der Waals surface area contributed by atoms with Gasteiger partial charge in [-0.2, -0.15) is 0 Å². The zero-order valence-electron chi connectivity index (χ0n) is 18.0. The molecule has 0 bridgehead atoms. The number of hydrogen-bond donors (Lipinski definition) is 2. The molecule has 1 aliphatic heterocycles. The monoisotopic (exact) mass is 415 g/mol. The van der Waals surface area contributed by atoms with Crippen LogP contribution in [-0.2, 0) is 13.1 Å². The molecular formula is C23H31F2N5. The van der Waals surface area contributed by atoms with Gasteiger partial charge in [0.2, 0.25) is 0 Å². The lowest BCUT2D eigenvalue weighted by atomic mass is 10.1. The molecular weight excluding hydrogens is 384 g/mol. The molecule has 0 aliphatic carbocycles. The van der Waals surface area contributed by atoms with Crippen molar-refractivity contribution in [3.05, 3.63) is 65.2 Å². The van der Waals surface area contributed by atoms with E-state index in [2.05, 4.69) is 53.9 Å². The third-order valence-corrected chi connectivity index (χ3v) is 5.04. The van der Waals surface area contributed by atoms with Crippen LogP contribution in [0.3, 0.4) is 0 Å². The normalized spacial score (nSPS) is 16.9. The van der Waals surface area contributed by atoms with Crippen molar-refractivity contribution in [1.82, 2.24) is 15.5 Å². The summed E-state index contributed by atoms with van der Waals surface area (Å²) in [5.74, 6) is -0.320. The van der Waals surface area contributed by atoms with Crippen LogP contribution >= 0.6 is 0 Å². The van der Waals surface area contributed by atoms with Crippen molar-refractivity contribution in [1.29, 1.82) is 0 Å². The summed E-state index contributed by atoms with van der Waals surface area (Å²) in [6, 6.07) is 12.5. The van der Waals surface area contributed by atoms with E-state index in [4.69, 9.17) is 4.99 Å². The number of para-hydroxylation sites is 1. The predicted molar refractivity (Wildman–Crippen MR) is 119 cm³/mol. The Kier molecular flexibility index (Phi) is 7.63. The number of guanidine groups is 1.